The molecule has 4 atom stereocenters. The van der Waals surface area contributed by atoms with Crippen LogP contribution in [0.4, 0.5) is 13.2 Å². The van der Waals surface area contributed by atoms with E-state index in [0.717, 1.165) is 30.9 Å². The molecule has 1 saturated heterocycles. The van der Waals surface area contributed by atoms with E-state index in [4.69, 9.17) is 10.5 Å². The smallest absolute Gasteiger partial charge is 0.185 e. The van der Waals surface area contributed by atoms with Gasteiger partial charge in [0.25, 0.3) is 0 Å². The van der Waals surface area contributed by atoms with Crippen molar-refractivity contribution in [3.8, 4) is 11.3 Å². The van der Waals surface area contributed by atoms with Gasteiger partial charge < -0.3 is 10.5 Å². The van der Waals surface area contributed by atoms with E-state index in [1.165, 1.54) is 18.2 Å². The molecule has 0 unspecified atom stereocenters. The average Bonchev–Trinajstić information content (AvgIpc) is 3.52. The Morgan fingerprint density at radius 2 is 1.82 bits per heavy atom. The van der Waals surface area contributed by atoms with Crippen molar-refractivity contribution in [2.45, 2.75) is 63.5 Å². The maximum Gasteiger partial charge on any atom is 0.185 e. The molecule has 4 aromatic rings. The second-order valence-corrected chi connectivity index (χ2v) is 12.1. The summed E-state index contributed by atoms with van der Waals surface area (Å²) in [5.41, 5.74) is 7.60. The van der Waals surface area contributed by atoms with E-state index in [1.54, 1.807) is 18.6 Å². The zero-order valence-electron chi connectivity index (χ0n) is 24.5. The molecule has 44 heavy (non-hydrogen) atoms. The van der Waals surface area contributed by atoms with Gasteiger partial charge in [-0.25, -0.2) is 22.8 Å². The monoisotopic (exact) mass is 604 g/mol. The predicted octanol–water partition coefficient (Wildman–Crippen LogP) is 5.63. The normalized spacial score (nSPS) is 22.7. The number of nitrogens with two attached hydrogens (primary N) is 1. The lowest BCUT2D eigenvalue weighted by Crippen LogP contribution is -2.42. The standard InChI is InChI=1S/C33H35F3N6O2/c1-19-12-22(16-28(37)33(19)42-9-8-39-41-42)24-4-7-38-18-23(24)17-30(43)29-3-2-25(34)32(40-29)31-26(35)14-21(15-27(31)36)13-20-5-10-44-11-6-20/h2-4,7-9,14-15,18-20,22,28,33H,5-6,10-13,16-17,37H2,1H3/t19-,22+,28+,33-/m0/s1. The molecule has 1 aliphatic heterocycles. The van der Waals surface area contributed by atoms with Gasteiger partial charge in [-0.05, 0) is 96.9 Å². The number of pyridine rings is 2. The van der Waals surface area contributed by atoms with Crippen LogP contribution in [0.15, 0.2) is 55.1 Å². The molecule has 6 rings (SSSR count). The molecule has 2 fully saturated rings. The molecular weight excluding hydrogens is 569 g/mol. The Balaban J connectivity index is 1.21. The van der Waals surface area contributed by atoms with Crippen LogP contribution in [0.2, 0.25) is 0 Å². The Bertz CT molecular complexity index is 1590. The van der Waals surface area contributed by atoms with Gasteiger partial charge in [0.05, 0.1) is 17.8 Å². The molecule has 1 aromatic carbocycles. The minimum atomic E-state index is -0.912. The Morgan fingerprint density at radius 1 is 1.05 bits per heavy atom. The van der Waals surface area contributed by atoms with E-state index in [-0.39, 0.29) is 42.0 Å². The van der Waals surface area contributed by atoms with E-state index in [9.17, 15) is 9.18 Å². The summed E-state index contributed by atoms with van der Waals surface area (Å²) >= 11 is 0. The zero-order valence-corrected chi connectivity index (χ0v) is 24.5. The van der Waals surface area contributed by atoms with Crippen molar-refractivity contribution < 1.29 is 22.7 Å². The van der Waals surface area contributed by atoms with Gasteiger partial charge in [0.1, 0.15) is 28.8 Å². The SMILES string of the molecule is C[C@H]1C[C@@H](c2ccncc2CC(=O)c2ccc(F)c(-c3c(F)cc(CC4CCOCC4)cc3F)n2)C[C@@H](N)[C@H]1n1ccnn1. The molecule has 2 N–H and O–H groups in total. The van der Waals surface area contributed by atoms with Crippen LogP contribution in [0.25, 0.3) is 11.3 Å². The van der Waals surface area contributed by atoms with Gasteiger partial charge in [-0.15, -0.1) is 5.10 Å². The van der Waals surface area contributed by atoms with Gasteiger partial charge in [0.2, 0.25) is 0 Å². The molecule has 3 aromatic heterocycles. The summed E-state index contributed by atoms with van der Waals surface area (Å²) < 4.78 is 52.6. The highest BCUT2D eigenvalue weighted by atomic mass is 19.1. The topological polar surface area (TPSA) is 109 Å². The first-order chi connectivity index (χ1) is 21.3. The largest absolute Gasteiger partial charge is 0.381 e. The van der Waals surface area contributed by atoms with E-state index in [1.807, 2.05) is 16.9 Å². The van der Waals surface area contributed by atoms with Gasteiger partial charge in [0, 0.05) is 44.3 Å². The maximum absolute atomic E-state index is 15.3. The van der Waals surface area contributed by atoms with Crippen LogP contribution >= 0.6 is 0 Å². The average molecular weight is 605 g/mol. The number of hydrogen-bond donors (Lipinski definition) is 1. The third-order valence-electron chi connectivity index (χ3n) is 9.05. The Kier molecular flexibility index (Phi) is 8.86. The van der Waals surface area contributed by atoms with Gasteiger partial charge in [-0.2, -0.15) is 0 Å². The molecule has 8 nitrogen and oxygen atoms in total. The van der Waals surface area contributed by atoms with Gasteiger partial charge >= 0.3 is 0 Å². The molecule has 4 heterocycles. The maximum atomic E-state index is 15.3. The van der Waals surface area contributed by atoms with Crippen molar-refractivity contribution in [2.75, 3.05) is 13.2 Å². The lowest BCUT2D eigenvalue weighted by molar-refractivity contribution is 0.0665. The van der Waals surface area contributed by atoms with E-state index >= 15 is 8.78 Å². The summed E-state index contributed by atoms with van der Waals surface area (Å²) in [7, 11) is 0. The number of carbonyl (C=O) groups is 1. The number of hydrogen-bond acceptors (Lipinski definition) is 7. The molecular formula is C33H35F3N6O2. The predicted molar refractivity (Wildman–Crippen MR) is 157 cm³/mol. The van der Waals surface area contributed by atoms with Crippen LogP contribution in [0, 0.1) is 29.3 Å². The fourth-order valence-electron chi connectivity index (χ4n) is 6.94. The number of halogens is 3. The van der Waals surface area contributed by atoms with Crippen molar-refractivity contribution in [3.63, 3.8) is 0 Å². The summed E-state index contributed by atoms with van der Waals surface area (Å²) in [5.74, 6) is -2.59. The number of ketones is 1. The zero-order chi connectivity index (χ0) is 30.8. The molecule has 1 aliphatic carbocycles. The Hall–Kier alpha value is -3.96. The summed E-state index contributed by atoms with van der Waals surface area (Å²) in [5, 5.41) is 8.07. The minimum absolute atomic E-state index is 0.0132. The summed E-state index contributed by atoms with van der Waals surface area (Å²) in [6, 6.07) is 6.48. The van der Waals surface area contributed by atoms with E-state index in [0.29, 0.717) is 37.2 Å². The Labute approximate surface area is 253 Å². The molecule has 0 spiro atoms. The molecule has 0 amide bonds. The van der Waals surface area contributed by atoms with Crippen molar-refractivity contribution >= 4 is 5.78 Å². The highest BCUT2D eigenvalue weighted by Gasteiger charge is 2.36. The van der Waals surface area contributed by atoms with Crippen molar-refractivity contribution in [3.05, 3.63) is 95.0 Å². The summed E-state index contributed by atoms with van der Waals surface area (Å²) in [6.45, 7) is 3.38. The number of ether oxygens (including phenoxy) is 1. The van der Waals surface area contributed by atoms with Gasteiger partial charge in [-0.1, -0.05) is 12.1 Å². The fraction of sp³-hybridized carbons (Fsp3) is 0.424. The molecule has 11 heteroatoms. The van der Waals surface area contributed by atoms with Crippen molar-refractivity contribution in [1.29, 1.82) is 0 Å². The van der Waals surface area contributed by atoms with Gasteiger partial charge in [-0.3, -0.25) is 9.78 Å². The lowest BCUT2D eigenvalue weighted by Gasteiger charge is -2.39. The van der Waals surface area contributed by atoms with Crippen LogP contribution in [-0.4, -0.2) is 50.0 Å². The molecule has 0 bridgehead atoms. The first-order valence-corrected chi connectivity index (χ1v) is 15.1. The van der Waals surface area contributed by atoms with Crippen LogP contribution in [0.5, 0.6) is 0 Å². The number of Topliss-reactive ketones (excluding diaryl/α,β-unsaturated/α-hetero) is 1. The number of aromatic nitrogens is 5. The molecule has 2 aliphatic rings. The quantitative estimate of drug-likeness (QED) is 0.260. The van der Waals surface area contributed by atoms with Crippen LogP contribution in [-0.2, 0) is 17.6 Å². The Morgan fingerprint density at radius 3 is 2.52 bits per heavy atom. The van der Waals surface area contributed by atoms with E-state index < -0.39 is 34.5 Å². The van der Waals surface area contributed by atoms with Crippen LogP contribution in [0.3, 0.4) is 0 Å². The number of benzene rings is 1. The fourth-order valence-corrected chi connectivity index (χ4v) is 6.94. The van der Waals surface area contributed by atoms with Crippen LogP contribution in [0.1, 0.15) is 71.7 Å². The first-order valence-electron chi connectivity index (χ1n) is 15.1. The molecule has 1 saturated carbocycles. The highest BCUT2D eigenvalue weighted by molar-refractivity contribution is 5.96. The lowest BCUT2D eigenvalue weighted by atomic mass is 9.72. The van der Waals surface area contributed by atoms with Crippen LogP contribution < -0.4 is 5.73 Å². The number of rotatable bonds is 8. The number of carbonyl (C=O) groups excluding carboxylic acids is 1. The van der Waals surface area contributed by atoms with E-state index in [2.05, 4.69) is 27.2 Å². The summed E-state index contributed by atoms with van der Waals surface area (Å²) in [6.07, 6.45) is 10.4. The van der Waals surface area contributed by atoms with Crippen molar-refractivity contribution in [2.24, 2.45) is 17.6 Å². The summed E-state index contributed by atoms with van der Waals surface area (Å²) in [4.78, 5) is 21.8. The second kappa shape index (κ2) is 13.0. The third kappa shape index (κ3) is 6.30. The first kappa shape index (κ1) is 30.1. The number of nitrogens with zero attached hydrogens (tertiary/aromatic N) is 5. The highest BCUT2D eigenvalue weighted by Crippen LogP contribution is 2.42. The third-order valence-corrected chi connectivity index (χ3v) is 9.05. The second-order valence-electron chi connectivity index (χ2n) is 12.1. The molecule has 230 valence electrons. The minimum Gasteiger partial charge on any atom is -0.381 e. The molecule has 0 radical (unpaired) electrons. The van der Waals surface area contributed by atoms with Gasteiger partial charge in [0.15, 0.2) is 5.78 Å². The van der Waals surface area contributed by atoms with Crippen molar-refractivity contribution in [1.82, 2.24) is 25.0 Å².